The zero-order chi connectivity index (χ0) is 29.4. The summed E-state index contributed by atoms with van der Waals surface area (Å²) in [6, 6.07) is 15.3. The van der Waals surface area contributed by atoms with E-state index < -0.39 is 33.8 Å². The number of nitriles is 1. The number of nitrogens with zero attached hydrogens (tertiary/aromatic N) is 6. The number of benzene rings is 1. The monoisotopic (exact) mass is 594 g/mol. The standard InChI is InChI=1S/C28H28F2N8O3S/c1-37(42(39,40)18-12-13-18)21-9-3-2-8-19(21)33-20-15-23(34-22-10-6-7-17(16-31)32-22)35-27-25(20)36-28(26(29)30)38(27)24-11-4-5-14-41-24/h2-3,6-10,15,18,24,26H,4-5,11-14H2,1H3,(H2,32,33,34,35). The number of hydrogen-bond donors (Lipinski definition) is 2. The Kier molecular flexibility index (Phi) is 7.38. The summed E-state index contributed by atoms with van der Waals surface area (Å²) in [5.41, 5.74) is 1.68. The van der Waals surface area contributed by atoms with Gasteiger partial charge >= 0.3 is 0 Å². The average Bonchev–Trinajstić information content (AvgIpc) is 3.79. The minimum Gasteiger partial charge on any atom is -0.358 e. The molecule has 1 aliphatic carbocycles. The average molecular weight is 595 g/mol. The van der Waals surface area contributed by atoms with Gasteiger partial charge in [0.25, 0.3) is 6.43 Å². The number of halogens is 2. The maximum absolute atomic E-state index is 14.4. The first-order chi connectivity index (χ1) is 20.3. The van der Waals surface area contributed by atoms with Crippen molar-refractivity contribution >= 4 is 49.9 Å². The summed E-state index contributed by atoms with van der Waals surface area (Å²) in [6.45, 7) is 0.427. The highest BCUT2D eigenvalue weighted by molar-refractivity contribution is 7.93. The van der Waals surface area contributed by atoms with Crippen molar-refractivity contribution in [2.75, 3.05) is 28.6 Å². The zero-order valence-electron chi connectivity index (χ0n) is 22.7. The van der Waals surface area contributed by atoms with Crippen LogP contribution in [0.1, 0.15) is 56.3 Å². The fourth-order valence-corrected chi connectivity index (χ4v) is 6.64. The Balaban J connectivity index is 1.49. The second kappa shape index (κ2) is 11.1. The van der Waals surface area contributed by atoms with Gasteiger partial charge in [0.2, 0.25) is 10.0 Å². The number of imidazole rings is 1. The number of aromatic nitrogens is 4. The molecule has 42 heavy (non-hydrogen) atoms. The van der Waals surface area contributed by atoms with Crippen molar-refractivity contribution in [3.05, 3.63) is 60.0 Å². The first kappa shape index (κ1) is 27.8. The van der Waals surface area contributed by atoms with E-state index >= 15 is 0 Å². The van der Waals surface area contributed by atoms with Gasteiger partial charge in [0.15, 0.2) is 11.5 Å². The first-order valence-electron chi connectivity index (χ1n) is 13.6. The Labute approximate surface area is 241 Å². The van der Waals surface area contributed by atoms with Crippen molar-refractivity contribution < 1.29 is 21.9 Å². The van der Waals surface area contributed by atoms with Gasteiger partial charge in [-0.2, -0.15) is 5.26 Å². The van der Waals surface area contributed by atoms with Crippen molar-refractivity contribution in [2.24, 2.45) is 0 Å². The summed E-state index contributed by atoms with van der Waals surface area (Å²) in [5, 5.41) is 15.1. The molecular weight excluding hydrogens is 566 g/mol. The number of sulfonamides is 1. The highest BCUT2D eigenvalue weighted by atomic mass is 32.2. The Morgan fingerprint density at radius 1 is 1.02 bits per heavy atom. The molecular formula is C28H28F2N8O3S. The molecule has 14 heteroatoms. The van der Waals surface area contributed by atoms with E-state index in [2.05, 4.69) is 25.6 Å². The van der Waals surface area contributed by atoms with Gasteiger partial charge in [0, 0.05) is 19.7 Å². The summed E-state index contributed by atoms with van der Waals surface area (Å²) in [4.78, 5) is 13.2. The molecule has 2 aliphatic rings. The first-order valence-corrected chi connectivity index (χ1v) is 15.1. The molecule has 0 bridgehead atoms. The topological polar surface area (TPSA) is 138 Å². The molecule has 1 saturated carbocycles. The van der Waals surface area contributed by atoms with E-state index in [9.17, 15) is 22.5 Å². The largest absolute Gasteiger partial charge is 0.358 e. The number of hydrogen-bond acceptors (Lipinski definition) is 9. The van der Waals surface area contributed by atoms with Crippen molar-refractivity contribution in [2.45, 2.75) is 50.0 Å². The molecule has 2 N–H and O–H groups in total. The third kappa shape index (κ3) is 5.33. The number of anilines is 5. The quantitative estimate of drug-likeness (QED) is 0.248. The number of para-hydroxylation sites is 2. The third-order valence-electron chi connectivity index (χ3n) is 7.27. The molecule has 1 saturated heterocycles. The van der Waals surface area contributed by atoms with E-state index in [1.807, 2.05) is 6.07 Å². The van der Waals surface area contributed by atoms with Crippen LogP contribution >= 0.6 is 0 Å². The van der Waals surface area contributed by atoms with Crippen LogP contribution in [0.4, 0.5) is 37.5 Å². The fraction of sp³-hybridized carbons (Fsp3) is 0.357. The highest BCUT2D eigenvalue weighted by Gasteiger charge is 2.39. The summed E-state index contributed by atoms with van der Waals surface area (Å²) in [5.74, 6) is 0.106. The minimum atomic E-state index is -3.56. The summed E-state index contributed by atoms with van der Waals surface area (Å²) in [6.07, 6.45) is -0.201. The van der Waals surface area contributed by atoms with Crippen molar-refractivity contribution in [1.82, 2.24) is 19.5 Å². The zero-order valence-corrected chi connectivity index (χ0v) is 23.5. The lowest BCUT2D eigenvalue weighted by atomic mass is 10.2. The molecule has 4 heterocycles. The van der Waals surface area contributed by atoms with Gasteiger partial charge in [-0.05, 0) is 56.4 Å². The van der Waals surface area contributed by atoms with Gasteiger partial charge < -0.3 is 15.4 Å². The second-order valence-electron chi connectivity index (χ2n) is 10.2. The van der Waals surface area contributed by atoms with E-state index in [1.165, 1.54) is 15.9 Å². The van der Waals surface area contributed by atoms with Crippen LogP contribution in [0.2, 0.25) is 0 Å². The van der Waals surface area contributed by atoms with Crippen molar-refractivity contribution in [3.8, 4) is 6.07 Å². The second-order valence-corrected chi connectivity index (χ2v) is 12.4. The van der Waals surface area contributed by atoms with Gasteiger partial charge in [-0.1, -0.05) is 18.2 Å². The van der Waals surface area contributed by atoms with Crippen molar-refractivity contribution in [3.63, 3.8) is 0 Å². The van der Waals surface area contributed by atoms with Gasteiger partial charge in [-0.25, -0.2) is 32.2 Å². The van der Waals surface area contributed by atoms with Crippen LogP contribution in [0, 0.1) is 11.3 Å². The Morgan fingerprint density at radius 3 is 2.55 bits per heavy atom. The van der Waals surface area contributed by atoms with Gasteiger partial charge in [-0.15, -0.1) is 0 Å². The molecule has 4 aromatic rings. The summed E-state index contributed by atoms with van der Waals surface area (Å²) >= 11 is 0. The number of rotatable bonds is 9. The number of ether oxygens (including phenoxy) is 1. The molecule has 0 amide bonds. The third-order valence-corrected chi connectivity index (χ3v) is 9.55. The number of pyridine rings is 2. The number of nitrogens with one attached hydrogen (secondary N) is 2. The molecule has 1 aliphatic heterocycles. The van der Waals surface area contributed by atoms with Gasteiger partial charge in [-0.3, -0.25) is 8.87 Å². The number of alkyl halides is 2. The lowest BCUT2D eigenvalue weighted by Gasteiger charge is -2.25. The molecule has 3 aromatic heterocycles. The maximum Gasteiger partial charge on any atom is 0.295 e. The van der Waals surface area contributed by atoms with Crippen LogP contribution in [-0.2, 0) is 14.8 Å². The predicted molar refractivity (Wildman–Crippen MR) is 154 cm³/mol. The smallest absolute Gasteiger partial charge is 0.295 e. The number of fused-ring (bicyclic) bond motifs is 1. The van der Waals surface area contributed by atoms with E-state index in [4.69, 9.17) is 4.74 Å². The summed E-state index contributed by atoms with van der Waals surface area (Å²) in [7, 11) is -2.06. The van der Waals surface area contributed by atoms with E-state index in [-0.39, 0.29) is 22.7 Å². The lowest BCUT2D eigenvalue weighted by molar-refractivity contribution is -0.0363. The van der Waals surface area contributed by atoms with Gasteiger partial charge in [0.1, 0.15) is 35.1 Å². The van der Waals surface area contributed by atoms with Crippen LogP contribution in [-0.4, -0.2) is 46.8 Å². The van der Waals surface area contributed by atoms with Crippen LogP contribution < -0.4 is 14.9 Å². The molecule has 2 fully saturated rings. The van der Waals surface area contributed by atoms with Gasteiger partial charge in [0.05, 0.1) is 22.3 Å². The van der Waals surface area contributed by atoms with E-state index in [0.29, 0.717) is 48.7 Å². The Bertz CT molecular complexity index is 1780. The molecule has 11 nitrogen and oxygen atoms in total. The van der Waals surface area contributed by atoms with Crippen LogP contribution in [0.3, 0.4) is 0 Å². The summed E-state index contributed by atoms with van der Waals surface area (Å²) < 4.78 is 63.3. The van der Waals surface area contributed by atoms with E-state index in [0.717, 1.165) is 12.8 Å². The molecule has 6 rings (SSSR count). The normalized spacial score (nSPS) is 17.3. The molecule has 1 aromatic carbocycles. The van der Waals surface area contributed by atoms with Crippen molar-refractivity contribution in [1.29, 1.82) is 5.26 Å². The molecule has 1 atom stereocenters. The molecule has 0 radical (unpaired) electrons. The molecule has 218 valence electrons. The fourth-order valence-electron chi connectivity index (χ4n) is 5.03. The minimum absolute atomic E-state index is 0.164. The Hall–Kier alpha value is -4.35. The van der Waals surface area contributed by atoms with Crippen LogP contribution in [0.25, 0.3) is 11.2 Å². The molecule has 1 unspecified atom stereocenters. The SMILES string of the molecule is CN(c1ccccc1Nc1cc(Nc2cccc(C#N)n2)nc2c1nc(C(F)F)n2C1CCCCO1)S(=O)(=O)C1CC1. The Morgan fingerprint density at radius 2 is 1.83 bits per heavy atom. The van der Waals surface area contributed by atoms with E-state index in [1.54, 1.807) is 48.5 Å². The highest BCUT2D eigenvalue weighted by Crippen LogP contribution is 2.40. The van der Waals surface area contributed by atoms with Crippen LogP contribution in [0.5, 0.6) is 0 Å². The maximum atomic E-state index is 14.4. The molecule has 0 spiro atoms. The van der Waals surface area contributed by atoms with Crippen LogP contribution in [0.15, 0.2) is 48.5 Å². The predicted octanol–water partition coefficient (Wildman–Crippen LogP) is 5.75. The lowest BCUT2D eigenvalue weighted by Crippen LogP contribution is -2.30.